The molecule has 0 amide bonds. The highest BCUT2D eigenvalue weighted by Gasteiger charge is 2.35. The van der Waals surface area contributed by atoms with Gasteiger partial charge in [-0.05, 0) is 49.6 Å². The molecular weight excluding hydrogens is 395 g/mol. The minimum absolute atomic E-state index is 0.00220. The zero-order chi connectivity index (χ0) is 21.3. The zero-order valence-electron chi connectivity index (χ0n) is 16.7. The molecule has 0 bridgehead atoms. The number of hydrogen-bond donors (Lipinski definition) is 1. The predicted molar refractivity (Wildman–Crippen MR) is 109 cm³/mol. The molecule has 0 saturated heterocycles. The summed E-state index contributed by atoms with van der Waals surface area (Å²) in [6.45, 7) is 0.679. The van der Waals surface area contributed by atoms with Crippen molar-refractivity contribution in [3.8, 4) is 28.4 Å². The third-order valence-electron chi connectivity index (χ3n) is 5.22. The molecule has 1 aliphatic heterocycles. The van der Waals surface area contributed by atoms with Crippen LogP contribution >= 0.6 is 0 Å². The Bertz CT molecular complexity index is 1060. The standard InChI is InChI=1S/C22H22F3N3O2/c1-29-18-11-10-14(13-19(18)30-2)20-15-7-5-6-12-26-21(15)28(27-20)17-9-4-3-8-16(17)22(23,24)25/h3-4,8-11,13,26H,5-7,12H2,1-2H3. The van der Waals surface area contributed by atoms with Crippen molar-refractivity contribution in [1.82, 2.24) is 9.78 Å². The van der Waals surface area contributed by atoms with Crippen molar-refractivity contribution in [2.24, 2.45) is 0 Å². The first-order valence-corrected chi connectivity index (χ1v) is 9.69. The maximum atomic E-state index is 13.7. The summed E-state index contributed by atoms with van der Waals surface area (Å²) in [5, 5.41) is 7.93. The molecule has 0 radical (unpaired) electrons. The average Bonchev–Trinajstić information content (AvgIpc) is 2.93. The van der Waals surface area contributed by atoms with Gasteiger partial charge in [0.25, 0.3) is 0 Å². The molecule has 5 nitrogen and oxygen atoms in total. The van der Waals surface area contributed by atoms with E-state index in [0.29, 0.717) is 29.6 Å². The first-order chi connectivity index (χ1) is 14.4. The summed E-state index contributed by atoms with van der Waals surface area (Å²) in [7, 11) is 3.10. The molecule has 0 atom stereocenters. The fourth-order valence-electron chi connectivity index (χ4n) is 3.79. The van der Waals surface area contributed by atoms with Gasteiger partial charge in [0.15, 0.2) is 11.5 Å². The molecule has 4 rings (SSSR count). The number of methoxy groups -OCH3 is 2. The van der Waals surface area contributed by atoms with Crippen molar-refractivity contribution in [3.63, 3.8) is 0 Å². The van der Waals surface area contributed by atoms with Gasteiger partial charge in [0, 0.05) is 17.7 Å². The van der Waals surface area contributed by atoms with E-state index in [0.717, 1.165) is 36.5 Å². The van der Waals surface area contributed by atoms with Gasteiger partial charge in [0.1, 0.15) is 5.82 Å². The van der Waals surface area contributed by atoms with Crippen LogP contribution in [0, 0.1) is 0 Å². The number of nitrogens with zero attached hydrogens (tertiary/aromatic N) is 2. The van der Waals surface area contributed by atoms with Crippen LogP contribution < -0.4 is 14.8 Å². The van der Waals surface area contributed by atoms with Gasteiger partial charge in [-0.3, -0.25) is 0 Å². The topological polar surface area (TPSA) is 48.3 Å². The maximum absolute atomic E-state index is 13.7. The van der Waals surface area contributed by atoms with Crippen molar-refractivity contribution in [2.45, 2.75) is 25.4 Å². The van der Waals surface area contributed by atoms with Gasteiger partial charge in [-0.1, -0.05) is 12.1 Å². The lowest BCUT2D eigenvalue weighted by Gasteiger charge is -2.15. The SMILES string of the molecule is COc1ccc(-c2nn(-c3ccccc3C(F)(F)F)c3c2CCCCN3)cc1OC. The molecule has 158 valence electrons. The molecule has 0 aliphatic carbocycles. The number of alkyl halides is 3. The fraction of sp³-hybridized carbons (Fsp3) is 0.318. The first-order valence-electron chi connectivity index (χ1n) is 9.69. The molecule has 1 N–H and O–H groups in total. The third kappa shape index (κ3) is 3.58. The molecule has 0 unspecified atom stereocenters. The van der Waals surface area contributed by atoms with Crippen LogP contribution in [0.1, 0.15) is 24.0 Å². The van der Waals surface area contributed by atoms with E-state index in [2.05, 4.69) is 10.4 Å². The highest BCUT2D eigenvalue weighted by molar-refractivity contribution is 5.73. The van der Waals surface area contributed by atoms with E-state index in [-0.39, 0.29) is 5.69 Å². The predicted octanol–water partition coefficient (Wildman–Crippen LogP) is 5.32. The quantitative estimate of drug-likeness (QED) is 0.624. The average molecular weight is 417 g/mol. The maximum Gasteiger partial charge on any atom is 0.418 e. The second-order valence-corrected chi connectivity index (χ2v) is 7.06. The van der Waals surface area contributed by atoms with Gasteiger partial charge in [0.05, 0.1) is 31.2 Å². The van der Waals surface area contributed by atoms with Crippen molar-refractivity contribution < 1.29 is 22.6 Å². The van der Waals surface area contributed by atoms with E-state index in [4.69, 9.17) is 9.47 Å². The van der Waals surface area contributed by atoms with Crippen molar-refractivity contribution >= 4 is 5.82 Å². The summed E-state index contributed by atoms with van der Waals surface area (Å²) < 4.78 is 53.1. The molecule has 0 fully saturated rings. The number of halogens is 3. The lowest BCUT2D eigenvalue weighted by molar-refractivity contribution is -0.137. The van der Waals surface area contributed by atoms with E-state index < -0.39 is 11.7 Å². The number of benzene rings is 2. The third-order valence-corrected chi connectivity index (χ3v) is 5.22. The lowest BCUT2D eigenvalue weighted by atomic mass is 10.0. The molecule has 0 spiro atoms. The summed E-state index contributed by atoms with van der Waals surface area (Å²) in [6, 6.07) is 10.9. The number of anilines is 1. The molecule has 30 heavy (non-hydrogen) atoms. The Hall–Kier alpha value is -3.16. The Balaban J connectivity index is 1.93. The fourth-order valence-corrected chi connectivity index (χ4v) is 3.79. The summed E-state index contributed by atoms with van der Waals surface area (Å²) in [5.74, 6) is 1.72. The Labute approximate surface area is 172 Å². The molecule has 1 aromatic heterocycles. The number of nitrogens with one attached hydrogen (secondary N) is 1. The van der Waals surface area contributed by atoms with E-state index in [1.165, 1.54) is 16.8 Å². The molecule has 2 aromatic carbocycles. The van der Waals surface area contributed by atoms with Crippen LogP contribution in [0.4, 0.5) is 19.0 Å². The summed E-state index contributed by atoms with van der Waals surface area (Å²) in [6.07, 6.45) is -1.91. The molecular formula is C22H22F3N3O2. The van der Waals surface area contributed by atoms with E-state index in [1.54, 1.807) is 32.4 Å². The van der Waals surface area contributed by atoms with Gasteiger partial charge in [-0.15, -0.1) is 0 Å². The second kappa shape index (κ2) is 7.93. The molecule has 0 saturated carbocycles. The number of hydrogen-bond acceptors (Lipinski definition) is 4. The van der Waals surface area contributed by atoms with E-state index in [9.17, 15) is 13.2 Å². The Morgan fingerprint density at radius 1 is 1.00 bits per heavy atom. The van der Waals surface area contributed by atoms with Crippen molar-refractivity contribution in [3.05, 3.63) is 53.6 Å². The lowest BCUT2D eigenvalue weighted by Crippen LogP contribution is -2.14. The van der Waals surface area contributed by atoms with E-state index in [1.807, 2.05) is 6.07 Å². The van der Waals surface area contributed by atoms with Gasteiger partial charge in [0.2, 0.25) is 0 Å². The smallest absolute Gasteiger partial charge is 0.418 e. The van der Waals surface area contributed by atoms with Crippen LogP contribution in [0.15, 0.2) is 42.5 Å². The first kappa shape index (κ1) is 20.1. The van der Waals surface area contributed by atoms with Crippen LogP contribution in [0.5, 0.6) is 11.5 Å². The van der Waals surface area contributed by atoms with Gasteiger partial charge < -0.3 is 14.8 Å². The number of para-hydroxylation sites is 1. The summed E-state index contributed by atoms with van der Waals surface area (Å²) >= 11 is 0. The Morgan fingerprint density at radius 2 is 1.77 bits per heavy atom. The summed E-state index contributed by atoms with van der Waals surface area (Å²) in [5.41, 5.74) is 1.58. The minimum atomic E-state index is -4.48. The monoisotopic (exact) mass is 417 g/mol. The normalized spacial score (nSPS) is 13.9. The zero-order valence-corrected chi connectivity index (χ0v) is 16.7. The van der Waals surface area contributed by atoms with Crippen LogP contribution in [-0.4, -0.2) is 30.5 Å². The van der Waals surface area contributed by atoms with Gasteiger partial charge in [-0.2, -0.15) is 18.3 Å². The van der Waals surface area contributed by atoms with Crippen molar-refractivity contribution in [1.29, 1.82) is 0 Å². The van der Waals surface area contributed by atoms with Crippen LogP contribution in [0.2, 0.25) is 0 Å². The molecule has 2 heterocycles. The molecule has 8 heteroatoms. The Kier molecular flexibility index (Phi) is 5.32. The Morgan fingerprint density at radius 3 is 2.50 bits per heavy atom. The highest BCUT2D eigenvalue weighted by Crippen LogP contribution is 2.40. The van der Waals surface area contributed by atoms with Crippen LogP contribution in [0.3, 0.4) is 0 Å². The van der Waals surface area contributed by atoms with Gasteiger partial charge >= 0.3 is 6.18 Å². The highest BCUT2D eigenvalue weighted by atomic mass is 19.4. The minimum Gasteiger partial charge on any atom is -0.493 e. The number of rotatable bonds is 4. The second-order valence-electron chi connectivity index (χ2n) is 7.06. The van der Waals surface area contributed by atoms with Crippen molar-refractivity contribution in [2.75, 3.05) is 26.1 Å². The largest absolute Gasteiger partial charge is 0.493 e. The number of fused-ring (bicyclic) bond motifs is 1. The summed E-state index contributed by atoms with van der Waals surface area (Å²) in [4.78, 5) is 0. The number of ether oxygens (including phenoxy) is 2. The van der Waals surface area contributed by atoms with Crippen LogP contribution in [-0.2, 0) is 12.6 Å². The number of aromatic nitrogens is 2. The van der Waals surface area contributed by atoms with Gasteiger partial charge in [-0.25, -0.2) is 4.68 Å². The van der Waals surface area contributed by atoms with Crippen LogP contribution in [0.25, 0.3) is 16.9 Å². The molecule has 3 aromatic rings. The molecule has 1 aliphatic rings. The van der Waals surface area contributed by atoms with E-state index >= 15 is 0 Å².